The first-order valence-electron chi connectivity index (χ1n) is 6.21. The number of rotatable bonds is 3. The lowest BCUT2D eigenvalue weighted by Crippen LogP contribution is -2.00. The van der Waals surface area contributed by atoms with Gasteiger partial charge in [-0.05, 0) is 42.3 Å². The van der Waals surface area contributed by atoms with Crippen molar-refractivity contribution in [2.45, 2.75) is 13.5 Å². The lowest BCUT2D eigenvalue weighted by atomic mass is 10.2. The first kappa shape index (κ1) is 13.6. The van der Waals surface area contributed by atoms with E-state index in [4.69, 9.17) is 21.1 Å². The fraction of sp³-hybridized carbons (Fsp3) is 0.200. The third-order valence-corrected chi connectivity index (χ3v) is 4.34. The minimum atomic E-state index is 0.284. The Hall–Kier alpha value is -1.39. The first-order chi connectivity index (χ1) is 9.63. The minimum absolute atomic E-state index is 0.284. The van der Waals surface area contributed by atoms with E-state index >= 15 is 0 Å². The van der Waals surface area contributed by atoms with Crippen LogP contribution >= 0.6 is 27.5 Å². The van der Waals surface area contributed by atoms with Gasteiger partial charge in [0.1, 0.15) is 0 Å². The largest absolute Gasteiger partial charge is 0.454 e. The molecule has 20 heavy (non-hydrogen) atoms. The van der Waals surface area contributed by atoms with Crippen LogP contribution in [-0.2, 0) is 6.54 Å². The average Bonchev–Trinajstić information content (AvgIpc) is 2.87. The molecule has 2 aromatic carbocycles. The van der Waals surface area contributed by atoms with E-state index in [9.17, 15) is 0 Å². The fourth-order valence-electron chi connectivity index (χ4n) is 1.99. The zero-order valence-corrected chi connectivity index (χ0v) is 13.2. The van der Waals surface area contributed by atoms with Gasteiger partial charge in [-0.1, -0.05) is 33.6 Å². The second-order valence-corrected chi connectivity index (χ2v) is 5.88. The van der Waals surface area contributed by atoms with Crippen molar-refractivity contribution in [2.75, 3.05) is 12.1 Å². The summed E-state index contributed by atoms with van der Waals surface area (Å²) < 4.78 is 11.7. The number of aryl methyl sites for hydroxylation is 1. The number of hydrogen-bond donors (Lipinski definition) is 1. The SMILES string of the molecule is Cc1ccc(NCc2cc3c(cc2Br)OCO3)cc1Cl. The van der Waals surface area contributed by atoms with Crippen molar-refractivity contribution in [3.8, 4) is 11.5 Å². The van der Waals surface area contributed by atoms with Crippen LogP contribution in [0, 0.1) is 6.92 Å². The summed E-state index contributed by atoms with van der Waals surface area (Å²) in [7, 11) is 0. The average molecular weight is 355 g/mol. The summed E-state index contributed by atoms with van der Waals surface area (Å²) >= 11 is 9.67. The molecule has 3 nitrogen and oxygen atoms in total. The molecular weight excluding hydrogens is 342 g/mol. The van der Waals surface area contributed by atoms with Gasteiger partial charge in [0, 0.05) is 21.7 Å². The van der Waals surface area contributed by atoms with Gasteiger partial charge in [-0.25, -0.2) is 0 Å². The molecule has 1 aliphatic rings. The van der Waals surface area contributed by atoms with Crippen molar-refractivity contribution in [2.24, 2.45) is 0 Å². The second-order valence-electron chi connectivity index (χ2n) is 4.61. The Labute approximate surface area is 131 Å². The number of benzene rings is 2. The van der Waals surface area contributed by atoms with Crippen LogP contribution in [0.4, 0.5) is 5.69 Å². The zero-order valence-electron chi connectivity index (χ0n) is 10.9. The summed E-state index contributed by atoms with van der Waals surface area (Å²) in [5.41, 5.74) is 3.16. The van der Waals surface area contributed by atoms with E-state index in [1.165, 1.54) is 0 Å². The van der Waals surface area contributed by atoms with Crippen LogP contribution in [0.2, 0.25) is 5.02 Å². The van der Waals surface area contributed by atoms with Gasteiger partial charge < -0.3 is 14.8 Å². The van der Waals surface area contributed by atoms with Crippen molar-refractivity contribution in [1.82, 2.24) is 0 Å². The van der Waals surface area contributed by atoms with Gasteiger partial charge in [0.15, 0.2) is 11.5 Å². The van der Waals surface area contributed by atoms with Crippen molar-refractivity contribution in [3.05, 3.63) is 51.0 Å². The number of nitrogens with one attached hydrogen (secondary N) is 1. The summed E-state index contributed by atoms with van der Waals surface area (Å²) in [5.74, 6) is 1.56. The van der Waals surface area contributed by atoms with Crippen molar-refractivity contribution >= 4 is 33.2 Å². The topological polar surface area (TPSA) is 30.5 Å². The van der Waals surface area contributed by atoms with Gasteiger partial charge in [-0.2, -0.15) is 0 Å². The molecule has 0 spiro atoms. The first-order valence-corrected chi connectivity index (χ1v) is 7.38. The number of halogens is 2. The lowest BCUT2D eigenvalue weighted by molar-refractivity contribution is 0.174. The zero-order chi connectivity index (χ0) is 14.1. The van der Waals surface area contributed by atoms with Crippen LogP contribution in [0.3, 0.4) is 0 Å². The Kier molecular flexibility index (Phi) is 3.76. The highest BCUT2D eigenvalue weighted by molar-refractivity contribution is 9.10. The van der Waals surface area contributed by atoms with E-state index in [2.05, 4.69) is 21.2 Å². The molecule has 0 aromatic heterocycles. The van der Waals surface area contributed by atoms with E-state index in [0.717, 1.165) is 37.8 Å². The maximum Gasteiger partial charge on any atom is 0.231 e. The molecule has 0 radical (unpaired) electrons. The molecule has 1 heterocycles. The van der Waals surface area contributed by atoms with Gasteiger partial charge in [0.2, 0.25) is 6.79 Å². The highest BCUT2D eigenvalue weighted by Gasteiger charge is 2.16. The number of ether oxygens (including phenoxy) is 2. The van der Waals surface area contributed by atoms with Crippen LogP contribution in [0.25, 0.3) is 0 Å². The molecule has 0 atom stereocenters. The van der Waals surface area contributed by atoms with Crippen LogP contribution in [0.5, 0.6) is 11.5 Å². The molecule has 0 aliphatic carbocycles. The molecule has 2 aromatic rings. The quantitative estimate of drug-likeness (QED) is 0.862. The maximum absolute atomic E-state index is 6.12. The molecule has 0 bridgehead atoms. The predicted octanol–water partition coefficient (Wildman–Crippen LogP) is 4.75. The highest BCUT2D eigenvalue weighted by atomic mass is 79.9. The van der Waals surface area contributed by atoms with Crippen molar-refractivity contribution in [3.63, 3.8) is 0 Å². The van der Waals surface area contributed by atoms with E-state index in [1.54, 1.807) is 0 Å². The van der Waals surface area contributed by atoms with Crippen molar-refractivity contribution in [1.29, 1.82) is 0 Å². The van der Waals surface area contributed by atoms with Crippen LogP contribution < -0.4 is 14.8 Å². The van der Waals surface area contributed by atoms with E-state index in [1.807, 2.05) is 37.3 Å². The summed E-state index contributed by atoms with van der Waals surface area (Å²) in [6.07, 6.45) is 0. The Balaban J connectivity index is 1.76. The summed E-state index contributed by atoms with van der Waals surface area (Å²) in [4.78, 5) is 0. The van der Waals surface area contributed by atoms with E-state index in [-0.39, 0.29) is 6.79 Å². The standard InChI is InChI=1S/C15H13BrClNO2/c1-9-2-3-11(5-13(9)17)18-7-10-4-14-15(6-12(10)16)20-8-19-14/h2-6,18H,7-8H2,1H3. The van der Waals surface area contributed by atoms with Gasteiger partial charge in [0.25, 0.3) is 0 Å². The monoisotopic (exact) mass is 353 g/mol. The Morgan fingerprint density at radius 1 is 1.20 bits per heavy atom. The lowest BCUT2D eigenvalue weighted by Gasteiger charge is -2.10. The second kappa shape index (κ2) is 5.54. The molecule has 1 N–H and O–H groups in total. The highest BCUT2D eigenvalue weighted by Crippen LogP contribution is 2.37. The molecule has 0 amide bonds. The molecular formula is C15H13BrClNO2. The van der Waals surface area contributed by atoms with E-state index < -0.39 is 0 Å². The summed E-state index contributed by atoms with van der Waals surface area (Å²) in [5, 5.41) is 4.11. The number of hydrogen-bond acceptors (Lipinski definition) is 3. The van der Waals surface area contributed by atoms with Crippen LogP contribution in [-0.4, -0.2) is 6.79 Å². The molecule has 0 saturated carbocycles. The van der Waals surface area contributed by atoms with Gasteiger partial charge in [-0.3, -0.25) is 0 Å². The Bertz CT molecular complexity index is 661. The number of fused-ring (bicyclic) bond motifs is 1. The third kappa shape index (κ3) is 2.72. The molecule has 1 aliphatic heterocycles. The summed E-state index contributed by atoms with van der Waals surface area (Å²) in [6, 6.07) is 9.86. The molecule has 104 valence electrons. The molecule has 5 heteroatoms. The smallest absolute Gasteiger partial charge is 0.231 e. The van der Waals surface area contributed by atoms with Gasteiger partial charge in [-0.15, -0.1) is 0 Å². The van der Waals surface area contributed by atoms with E-state index in [0.29, 0.717) is 6.54 Å². The third-order valence-electron chi connectivity index (χ3n) is 3.20. The van der Waals surface area contributed by atoms with Gasteiger partial charge in [0.05, 0.1) is 0 Å². The maximum atomic E-state index is 6.12. The van der Waals surface area contributed by atoms with Crippen LogP contribution in [0.15, 0.2) is 34.8 Å². The number of anilines is 1. The molecule has 0 unspecified atom stereocenters. The van der Waals surface area contributed by atoms with Gasteiger partial charge >= 0.3 is 0 Å². The normalized spacial score (nSPS) is 12.6. The Morgan fingerprint density at radius 3 is 2.70 bits per heavy atom. The Morgan fingerprint density at radius 2 is 1.95 bits per heavy atom. The predicted molar refractivity (Wildman–Crippen MR) is 83.8 cm³/mol. The van der Waals surface area contributed by atoms with Crippen LogP contribution in [0.1, 0.15) is 11.1 Å². The molecule has 0 saturated heterocycles. The fourth-order valence-corrected chi connectivity index (χ4v) is 2.64. The minimum Gasteiger partial charge on any atom is -0.454 e. The van der Waals surface area contributed by atoms with Crippen molar-refractivity contribution < 1.29 is 9.47 Å². The molecule has 3 rings (SSSR count). The summed E-state index contributed by atoms with van der Waals surface area (Å²) in [6.45, 7) is 2.95. The molecule has 0 fully saturated rings.